The first-order valence-corrected chi connectivity index (χ1v) is 9.63. The molecule has 4 heteroatoms. The fraction of sp³-hybridized carbons (Fsp3) is 0.261. The molecule has 2 aromatic carbocycles. The number of aryl methyl sites for hydroxylation is 1. The average molecular weight is 356 g/mol. The number of anilines is 2. The van der Waals surface area contributed by atoms with Crippen LogP contribution in [0.3, 0.4) is 0 Å². The molecule has 0 aliphatic carbocycles. The van der Waals surface area contributed by atoms with Crippen LogP contribution in [-0.4, -0.2) is 22.6 Å². The number of fused-ring (bicyclic) bond motifs is 7. The van der Waals surface area contributed by atoms with E-state index in [1.54, 1.807) is 0 Å². The van der Waals surface area contributed by atoms with E-state index in [0.29, 0.717) is 0 Å². The molecular weight excluding hydrogens is 332 g/mol. The molecule has 0 bridgehead atoms. The van der Waals surface area contributed by atoms with Crippen molar-refractivity contribution in [2.24, 2.45) is 0 Å². The molecule has 3 heterocycles. The van der Waals surface area contributed by atoms with Crippen LogP contribution in [0.15, 0.2) is 73.8 Å². The Balaban J connectivity index is 1.85. The SMILES string of the molecule is C=CCN1c2ccccc2N2CCCn3c(nc4ccccc43)[C@]12CC=C. The third kappa shape index (κ3) is 2.07. The minimum atomic E-state index is -0.366. The maximum Gasteiger partial charge on any atom is 0.177 e. The van der Waals surface area contributed by atoms with E-state index >= 15 is 0 Å². The summed E-state index contributed by atoms with van der Waals surface area (Å²) in [6, 6.07) is 17.2. The summed E-state index contributed by atoms with van der Waals surface area (Å²) in [6.07, 6.45) is 5.91. The largest absolute Gasteiger partial charge is 0.340 e. The Kier molecular flexibility index (Phi) is 3.61. The van der Waals surface area contributed by atoms with E-state index < -0.39 is 0 Å². The highest BCUT2D eigenvalue weighted by molar-refractivity contribution is 5.82. The minimum Gasteiger partial charge on any atom is -0.340 e. The normalized spacial score (nSPS) is 20.7. The van der Waals surface area contributed by atoms with Crippen molar-refractivity contribution in [3.63, 3.8) is 0 Å². The van der Waals surface area contributed by atoms with Gasteiger partial charge in [0.2, 0.25) is 0 Å². The van der Waals surface area contributed by atoms with Crippen LogP contribution in [-0.2, 0) is 12.2 Å². The zero-order valence-electron chi connectivity index (χ0n) is 15.5. The molecule has 27 heavy (non-hydrogen) atoms. The van der Waals surface area contributed by atoms with Crippen LogP contribution in [0, 0.1) is 0 Å². The van der Waals surface area contributed by atoms with Crippen LogP contribution in [0.4, 0.5) is 11.4 Å². The highest BCUT2D eigenvalue weighted by atomic mass is 15.5. The number of hydrogen-bond donors (Lipinski definition) is 0. The third-order valence-electron chi connectivity index (χ3n) is 5.87. The van der Waals surface area contributed by atoms with E-state index in [1.165, 1.54) is 16.9 Å². The fourth-order valence-electron chi connectivity index (χ4n) is 4.90. The second-order valence-electron chi connectivity index (χ2n) is 7.28. The lowest BCUT2D eigenvalue weighted by atomic mass is 10.0. The number of rotatable bonds is 4. The van der Waals surface area contributed by atoms with Crippen molar-refractivity contribution in [1.29, 1.82) is 0 Å². The molecular formula is C23H24N4. The second kappa shape index (κ2) is 6.02. The monoisotopic (exact) mass is 356 g/mol. The van der Waals surface area contributed by atoms with Gasteiger partial charge in [-0.2, -0.15) is 0 Å². The van der Waals surface area contributed by atoms with Crippen molar-refractivity contribution < 1.29 is 0 Å². The van der Waals surface area contributed by atoms with Gasteiger partial charge in [0.15, 0.2) is 11.5 Å². The van der Waals surface area contributed by atoms with Gasteiger partial charge in [0, 0.05) is 26.1 Å². The van der Waals surface area contributed by atoms with E-state index in [9.17, 15) is 0 Å². The maximum atomic E-state index is 5.16. The van der Waals surface area contributed by atoms with Gasteiger partial charge in [0.1, 0.15) is 0 Å². The van der Waals surface area contributed by atoms with Gasteiger partial charge in [-0.1, -0.05) is 36.4 Å². The first-order chi connectivity index (χ1) is 13.3. The summed E-state index contributed by atoms with van der Waals surface area (Å²) in [6.45, 7) is 10.9. The number of para-hydroxylation sites is 4. The van der Waals surface area contributed by atoms with E-state index in [0.717, 1.165) is 43.8 Å². The Bertz CT molecular complexity index is 1030. The molecule has 1 aromatic heterocycles. The average Bonchev–Trinajstić information content (AvgIpc) is 3.13. The molecule has 0 unspecified atom stereocenters. The second-order valence-corrected chi connectivity index (χ2v) is 7.28. The van der Waals surface area contributed by atoms with Gasteiger partial charge in [-0.15, -0.1) is 13.2 Å². The Hall–Kier alpha value is -3.01. The first-order valence-electron chi connectivity index (χ1n) is 9.63. The van der Waals surface area contributed by atoms with Gasteiger partial charge in [-0.25, -0.2) is 4.98 Å². The summed E-state index contributed by atoms with van der Waals surface area (Å²) in [5.41, 5.74) is 4.44. The highest BCUT2D eigenvalue weighted by Gasteiger charge is 2.53. The number of aromatic nitrogens is 2. The van der Waals surface area contributed by atoms with Gasteiger partial charge in [0.05, 0.1) is 22.4 Å². The first kappa shape index (κ1) is 16.2. The Morgan fingerprint density at radius 2 is 1.74 bits per heavy atom. The predicted molar refractivity (Wildman–Crippen MR) is 112 cm³/mol. The zero-order chi connectivity index (χ0) is 18.4. The van der Waals surface area contributed by atoms with Crippen LogP contribution in [0.1, 0.15) is 18.7 Å². The molecule has 3 aromatic rings. The van der Waals surface area contributed by atoms with E-state index in [1.807, 2.05) is 12.2 Å². The third-order valence-corrected chi connectivity index (χ3v) is 5.87. The summed E-state index contributed by atoms with van der Waals surface area (Å²) >= 11 is 0. The quantitative estimate of drug-likeness (QED) is 0.634. The van der Waals surface area contributed by atoms with Crippen LogP contribution >= 0.6 is 0 Å². The van der Waals surface area contributed by atoms with Crippen molar-refractivity contribution in [3.05, 3.63) is 79.7 Å². The minimum absolute atomic E-state index is 0.366. The number of nitrogens with zero attached hydrogens (tertiary/aromatic N) is 4. The Morgan fingerprint density at radius 1 is 0.963 bits per heavy atom. The van der Waals surface area contributed by atoms with E-state index in [-0.39, 0.29) is 5.66 Å². The molecule has 2 aliphatic rings. The van der Waals surface area contributed by atoms with Crippen molar-refractivity contribution in [1.82, 2.24) is 9.55 Å². The van der Waals surface area contributed by atoms with Gasteiger partial charge >= 0.3 is 0 Å². The Morgan fingerprint density at radius 3 is 2.56 bits per heavy atom. The topological polar surface area (TPSA) is 24.3 Å². The molecule has 0 radical (unpaired) electrons. The predicted octanol–water partition coefficient (Wildman–Crippen LogP) is 4.68. The van der Waals surface area contributed by atoms with E-state index in [4.69, 9.17) is 4.98 Å². The summed E-state index contributed by atoms with van der Waals surface area (Å²) in [7, 11) is 0. The lowest BCUT2D eigenvalue weighted by molar-refractivity contribution is 0.390. The maximum absolute atomic E-state index is 5.16. The van der Waals surface area contributed by atoms with Crippen molar-refractivity contribution in [3.8, 4) is 0 Å². The molecule has 0 amide bonds. The lowest BCUT2D eigenvalue weighted by Crippen LogP contribution is -2.55. The molecule has 4 nitrogen and oxygen atoms in total. The number of imidazole rings is 1. The summed E-state index contributed by atoms with van der Waals surface area (Å²) in [4.78, 5) is 10.2. The Labute approximate surface area is 160 Å². The molecule has 0 fully saturated rings. The zero-order valence-corrected chi connectivity index (χ0v) is 15.5. The van der Waals surface area contributed by atoms with Gasteiger partial charge in [-0.3, -0.25) is 0 Å². The summed E-state index contributed by atoms with van der Waals surface area (Å²) < 4.78 is 2.42. The standard InChI is InChI=1S/C23H24N4/c1-3-14-23-22-24-18-10-5-6-11-19(18)25(22)16-9-17-27(23)21-13-8-7-12-20(21)26(23)15-4-2/h3-8,10-13H,1-2,9,14-17H2/t23-/m1/s1. The van der Waals surface area contributed by atoms with Crippen LogP contribution < -0.4 is 9.80 Å². The molecule has 0 spiro atoms. The highest BCUT2D eigenvalue weighted by Crippen LogP contribution is 2.52. The van der Waals surface area contributed by atoms with Gasteiger partial charge in [0.25, 0.3) is 0 Å². The summed E-state index contributed by atoms with van der Waals surface area (Å²) in [5.74, 6) is 1.11. The molecule has 2 aliphatic heterocycles. The van der Waals surface area contributed by atoms with Gasteiger partial charge in [-0.05, 0) is 30.7 Å². The molecule has 0 N–H and O–H groups in total. The van der Waals surface area contributed by atoms with Crippen LogP contribution in [0.25, 0.3) is 11.0 Å². The van der Waals surface area contributed by atoms with Crippen molar-refractivity contribution in [2.45, 2.75) is 25.0 Å². The van der Waals surface area contributed by atoms with Crippen LogP contribution in [0.5, 0.6) is 0 Å². The number of benzene rings is 2. The molecule has 5 rings (SSSR count). The van der Waals surface area contributed by atoms with Crippen LogP contribution in [0.2, 0.25) is 0 Å². The van der Waals surface area contributed by atoms with Crippen molar-refractivity contribution >= 4 is 22.4 Å². The summed E-state index contributed by atoms with van der Waals surface area (Å²) in [5, 5.41) is 0. The van der Waals surface area contributed by atoms with E-state index in [2.05, 4.69) is 76.1 Å². The molecule has 0 saturated carbocycles. The smallest absolute Gasteiger partial charge is 0.177 e. The molecule has 0 saturated heterocycles. The van der Waals surface area contributed by atoms with Gasteiger partial charge < -0.3 is 14.4 Å². The molecule has 1 atom stereocenters. The molecule has 136 valence electrons. The van der Waals surface area contributed by atoms with Crippen molar-refractivity contribution in [2.75, 3.05) is 22.9 Å². The lowest BCUT2D eigenvalue weighted by Gasteiger charge is -2.43. The fourth-order valence-corrected chi connectivity index (χ4v) is 4.90. The number of hydrogen-bond acceptors (Lipinski definition) is 3.